The Hall–Kier alpha value is -3.20. The molecule has 2 heterocycles. The Labute approximate surface area is 169 Å². The van der Waals surface area contributed by atoms with Crippen LogP contribution in [0.4, 0.5) is 4.39 Å². The van der Waals surface area contributed by atoms with Crippen LogP contribution >= 0.6 is 0 Å². The van der Waals surface area contributed by atoms with Gasteiger partial charge in [0.1, 0.15) is 17.0 Å². The lowest BCUT2D eigenvalue weighted by atomic mass is 9.94. The van der Waals surface area contributed by atoms with Crippen LogP contribution in [0.2, 0.25) is 0 Å². The molecule has 3 aromatic carbocycles. The number of benzene rings is 3. The molecule has 0 bridgehead atoms. The van der Waals surface area contributed by atoms with E-state index in [1.807, 2.05) is 30.5 Å². The molecule has 0 amide bonds. The summed E-state index contributed by atoms with van der Waals surface area (Å²) in [6.45, 7) is 6.43. The van der Waals surface area contributed by atoms with Crippen molar-refractivity contribution in [2.75, 3.05) is 0 Å². The van der Waals surface area contributed by atoms with Gasteiger partial charge in [0.05, 0.1) is 5.69 Å². The SMILES string of the molecule is Cc1cc(-c2ncc(CC(C)C)c3ccc(F)cc23)c2oc3ccccc3c2c1. The fraction of sp³-hybridized carbons (Fsp3) is 0.192. The number of para-hydroxylation sites is 1. The van der Waals surface area contributed by atoms with E-state index in [-0.39, 0.29) is 5.82 Å². The van der Waals surface area contributed by atoms with Crippen molar-refractivity contribution in [2.45, 2.75) is 27.2 Å². The fourth-order valence-electron chi connectivity index (χ4n) is 4.24. The highest BCUT2D eigenvalue weighted by atomic mass is 19.1. The number of halogens is 1. The quantitative estimate of drug-likeness (QED) is 0.323. The van der Waals surface area contributed by atoms with Crippen molar-refractivity contribution < 1.29 is 8.81 Å². The molecule has 0 spiro atoms. The number of aryl methyl sites for hydroxylation is 1. The van der Waals surface area contributed by atoms with Gasteiger partial charge in [-0.25, -0.2) is 4.39 Å². The molecule has 29 heavy (non-hydrogen) atoms. The fourth-order valence-corrected chi connectivity index (χ4v) is 4.24. The zero-order valence-electron chi connectivity index (χ0n) is 16.8. The van der Waals surface area contributed by atoms with Crippen LogP contribution in [0, 0.1) is 18.7 Å². The van der Waals surface area contributed by atoms with E-state index in [2.05, 4.69) is 39.0 Å². The monoisotopic (exact) mass is 383 g/mol. The van der Waals surface area contributed by atoms with Crippen LogP contribution in [0.3, 0.4) is 0 Å². The summed E-state index contributed by atoms with van der Waals surface area (Å²) in [5.74, 6) is 0.243. The zero-order valence-corrected chi connectivity index (χ0v) is 16.8. The van der Waals surface area contributed by atoms with Crippen molar-refractivity contribution in [3.8, 4) is 11.3 Å². The van der Waals surface area contributed by atoms with Gasteiger partial charge in [-0.15, -0.1) is 0 Å². The van der Waals surface area contributed by atoms with Crippen LogP contribution in [-0.2, 0) is 6.42 Å². The predicted octanol–water partition coefficient (Wildman–Crippen LogP) is 7.45. The molecule has 0 saturated carbocycles. The summed E-state index contributed by atoms with van der Waals surface area (Å²) in [6.07, 6.45) is 2.84. The van der Waals surface area contributed by atoms with E-state index in [1.165, 1.54) is 6.07 Å². The molecule has 0 unspecified atom stereocenters. The second-order valence-corrected chi connectivity index (χ2v) is 8.21. The standard InChI is InChI=1S/C26H22FNO/c1-15(2)10-17-14-28-25(21-13-18(27)8-9-19(17)21)23-12-16(3)11-22-20-6-4-5-7-24(20)29-26(22)23/h4-9,11-15H,10H2,1-3H3. The molecule has 0 radical (unpaired) electrons. The van der Waals surface area contributed by atoms with Crippen molar-refractivity contribution in [1.29, 1.82) is 0 Å². The van der Waals surface area contributed by atoms with Gasteiger partial charge in [0.25, 0.3) is 0 Å². The summed E-state index contributed by atoms with van der Waals surface area (Å²) in [4.78, 5) is 4.81. The normalized spacial score (nSPS) is 11.9. The maximum absolute atomic E-state index is 14.2. The van der Waals surface area contributed by atoms with Crippen LogP contribution in [0.5, 0.6) is 0 Å². The first kappa shape index (κ1) is 17.9. The van der Waals surface area contributed by atoms with E-state index in [4.69, 9.17) is 9.40 Å². The molecular weight excluding hydrogens is 361 g/mol. The Morgan fingerprint density at radius 3 is 2.59 bits per heavy atom. The topological polar surface area (TPSA) is 26.0 Å². The maximum atomic E-state index is 14.2. The number of nitrogens with zero attached hydrogens (tertiary/aromatic N) is 1. The lowest BCUT2D eigenvalue weighted by Crippen LogP contribution is -1.98. The second kappa shape index (κ2) is 6.70. The number of furan rings is 1. The molecule has 2 aromatic heterocycles. The van der Waals surface area contributed by atoms with Crippen molar-refractivity contribution in [2.24, 2.45) is 5.92 Å². The number of aromatic nitrogens is 1. The summed E-state index contributed by atoms with van der Waals surface area (Å²) in [6, 6.07) is 17.3. The first-order valence-corrected chi connectivity index (χ1v) is 10.0. The molecule has 0 saturated heterocycles. The van der Waals surface area contributed by atoms with E-state index in [0.717, 1.165) is 61.5 Å². The van der Waals surface area contributed by atoms with Crippen LogP contribution in [0.15, 0.2) is 65.2 Å². The first-order chi connectivity index (χ1) is 14.0. The number of rotatable bonds is 3. The van der Waals surface area contributed by atoms with Gasteiger partial charge in [-0.3, -0.25) is 4.98 Å². The second-order valence-electron chi connectivity index (χ2n) is 8.21. The minimum Gasteiger partial charge on any atom is -0.455 e. The Morgan fingerprint density at radius 2 is 1.76 bits per heavy atom. The predicted molar refractivity (Wildman–Crippen MR) is 118 cm³/mol. The molecule has 3 heteroatoms. The van der Waals surface area contributed by atoms with Gasteiger partial charge in [0.15, 0.2) is 0 Å². The molecular formula is C26H22FNO. The van der Waals surface area contributed by atoms with Crippen molar-refractivity contribution in [3.05, 3.63) is 77.7 Å². The minimum atomic E-state index is -0.254. The lowest BCUT2D eigenvalue weighted by molar-refractivity contribution is 0.629. The zero-order chi connectivity index (χ0) is 20.1. The molecule has 0 aliphatic heterocycles. The lowest BCUT2D eigenvalue weighted by Gasteiger charge is -2.13. The van der Waals surface area contributed by atoms with E-state index in [0.29, 0.717) is 5.92 Å². The van der Waals surface area contributed by atoms with Crippen LogP contribution in [-0.4, -0.2) is 4.98 Å². The molecule has 0 atom stereocenters. The van der Waals surface area contributed by atoms with Gasteiger partial charge < -0.3 is 4.42 Å². The number of pyridine rings is 1. The van der Waals surface area contributed by atoms with Gasteiger partial charge in [-0.2, -0.15) is 0 Å². The van der Waals surface area contributed by atoms with Crippen LogP contribution in [0.25, 0.3) is 44.0 Å². The third kappa shape index (κ3) is 2.98. The van der Waals surface area contributed by atoms with E-state index < -0.39 is 0 Å². The first-order valence-electron chi connectivity index (χ1n) is 10.0. The third-order valence-electron chi connectivity index (χ3n) is 5.44. The molecule has 2 nitrogen and oxygen atoms in total. The van der Waals surface area contributed by atoms with Gasteiger partial charge in [-0.05, 0) is 66.1 Å². The summed E-state index contributed by atoms with van der Waals surface area (Å²) in [5.41, 5.74) is 5.58. The highest BCUT2D eigenvalue weighted by Crippen LogP contribution is 2.39. The average Bonchev–Trinajstić information content (AvgIpc) is 3.06. The van der Waals surface area contributed by atoms with Crippen LogP contribution in [0.1, 0.15) is 25.0 Å². The van der Waals surface area contributed by atoms with Gasteiger partial charge in [-0.1, -0.05) is 38.1 Å². The molecule has 5 rings (SSSR count). The molecule has 0 N–H and O–H groups in total. The molecule has 0 aliphatic carbocycles. The van der Waals surface area contributed by atoms with E-state index >= 15 is 0 Å². The number of fused-ring (bicyclic) bond motifs is 4. The van der Waals surface area contributed by atoms with E-state index in [9.17, 15) is 4.39 Å². The van der Waals surface area contributed by atoms with Crippen molar-refractivity contribution >= 4 is 32.7 Å². The Morgan fingerprint density at radius 1 is 0.931 bits per heavy atom. The number of hydrogen-bond acceptors (Lipinski definition) is 2. The summed E-state index contributed by atoms with van der Waals surface area (Å²) in [7, 11) is 0. The van der Waals surface area contributed by atoms with Crippen LogP contribution < -0.4 is 0 Å². The molecule has 5 aromatic rings. The van der Waals surface area contributed by atoms with E-state index in [1.54, 1.807) is 6.07 Å². The Balaban J connectivity index is 1.86. The Kier molecular flexibility index (Phi) is 4.13. The minimum absolute atomic E-state index is 0.254. The third-order valence-corrected chi connectivity index (χ3v) is 5.44. The van der Waals surface area contributed by atoms with Crippen molar-refractivity contribution in [3.63, 3.8) is 0 Å². The maximum Gasteiger partial charge on any atom is 0.144 e. The average molecular weight is 383 g/mol. The molecule has 0 fully saturated rings. The summed E-state index contributed by atoms with van der Waals surface area (Å²) >= 11 is 0. The highest BCUT2D eigenvalue weighted by molar-refractivity contribution is 6.12. The smallest absolute Gasteiger partial charge is 0.144 e. The van der Waals surface area contributed by atoms with Gasteiger partial charge in [0.2, 0.25) is 0 Å². The summed E-state index contributed by atoms with van der Waals surface area (Å²) < 4.78 is 20.5. The molecule has 144 valence electrons. The Bertz CT molecular complexity index is 1380. The van der Waals surface area contributed by atoms with Gasteiger partial charge in [0, 0.05) is 27.9 Å². The highest BCUT2D eigenvalue weighted by Gasteiger charge is 2.18. The van der Waals surface area contributed by atoms with Crippen molar-refractivity contribution in [1.82, 2.24) is 4.98 Å². The largest absolute Gasteiger partial charge is 0.455 e. The summed E-state index contributed by atoms with van der Waals surface area (Å²) in [5, 5.41) is 4.03. The number of hydrogen-bond donors (Lipinski definition) is 0. The molecule has 0 aliphatic rings. The van der Waals surface area contributed by atoms with Gasteiger partial charge >= 0.3 is 0 Å².